The van der Waals surface area contributed by atoms with Gasteiger partial charge in [-0.1, -0.05) is 0 Å². The van der Waals surface area contributed by atoms with Gasteiger partial charge in [-0.15, -0.1) is 15.3 Å². The Labute approximate surface area is 149 Å². The highest BCUT2D eigenvalue weighted by molar-refractivity contribution is 5.59. The molecule has 1 spiro atoms. The number of nitrogens with zero attached hydrogens (tertiary/aromatic N) is 5. The molecule has 1 atom stereocenters. The SMILES string of the molecule is Cc1c(N2CCCC3(CCCCO3)C2)nn2c(C(F)(F)F)nnc2c1C. The molecule has 2 aliphatic heterocycles. The Hall–Kier alpha value is -1.90. The summed E-state index contributed by atoms with van der Waals surface area (Å²) in [5.41, 5.74) is 1.46. The first kappa shape index (κ1) is 17.5. The summed E-state index contributed by atoms with van der Waals surface area (Å²) in [6.07, 6.45) is 0.517. The largest absolute Gasteiger partial charge is 0.453 e. The van der Waals surface area contributed by atoms with Crippen LogP contribution in [0.3, 0.4) is 0 Å². The normalized spacial score (nSPS) is 24.6. The number of alkyl halides is 3. The number of piperidine rings is 1. The maximum absolute atomic E-state index is 13.2. The second kappa shape index (κ2) is 6.07. The average Bonchev–Trinajstić information content (AvgIpc) is 3.03. The van der Waals surface area contributed by atoms with Crippen molar-refractivity contribution in [1.29, 1.82) is 0 Å². The summed E-state index contributed by atoms with van der Waals surface area (Å²) in [6, 6.07) is 0. The van der Waals surface area contributed by atoms with Crippen LogP contribution in [0.2, 0.25) is 0 Å². The van der Waals surface area contributed by atoms with Crippen molar-refractivity contribution in [2.24, 2.45) is 0 Å². The monoisotopic (exact) mass is 369 g/mol. The second-order valence-corrected chi connectivity index (χ2v) is 7.34. The van der Waals surface area contributed by atoms with E-state index >= 15 is 0 Å². The van der Waals surface area contributed by atoms with E-state index in [2.05, 4.69) is 20.2 Å². The van der Waals surface area contributed by atoms with Gasteiger partial charge in [0.05, 0.1) is 5.60 Å². The third-order valence-electron chi connectivity index (χ3n) is 5.60. The van der Waals surface area contributed by atoms with Crippen molar-refractivity contribution < 1.29 is 17.9 Å². The first-order valence-corrected chi connectivity index (χ1v) is 8.99. The molecule has 0 amide bonds. The summed E-state index contributed by atoms with van der Waals surface area (Å²) in [7, 11) is 0. The molecule has 9 heteroatoms. The minimum Gasteiger partial charge on any atom is -0.373 e. The van der Waals surface area contributed by atoms with Crippen molar-refractivity contribution in [3.8, 4) is 0 Å². The summed E-state index contributed by atoms with van der Waals surface area (Å²) in [5.74, 6) is -0.522. The lowest BCUT2D eigenvalue weighted by Gasteiger charge is -2.45. The zero-order valence-corrected chi connectivity index (χ0v) is 14.9. The van der Waals surface area contributed by atoms with E-state index < -0.39 is 12.0 Å². The number of aromatic nitrogens is 4. The molecule has 0 N–H and O–H groups in total. The Balaban J connectivity index is 1.77. The highest BCUT2D eigenvalue weighted by Gasteiger charge is 2.40. The Kier molecular flexibility index (Phi) is 4.09. The van der Waals surface area contributed by atoms with Crippen LogP contribution in [0.4, 0.5) is 19.0 Å². The minimum atomic E-state index is -4.60. The number of halogens is 3. The van der Waals surface area contributed by atoms with Gasteiger partial charge in [0.2, 0.25) is 0 Å². The first-order valence-electron chi connectivity index (χ1n) is 8.99. The predicted octanol–water partition coefficient (Wildman–Crippen LogP) is 3.30. The van der Waals surface area contributed by atoms with Crippen LogP contribution in [0, 0.1) is 13.8 Å². The van der Waals surface area contributed by atoms with Crippen molar-refractivity contribution >= 4 is 11.5 Å². The van der Waals surface area contributed by atoms with Crippen molar-refractivity contribution in [2.75, 3.05) is 24.6 Å². The van der Waals surface area contributed by atoms with Gasteiger partial charge in [0.1, 0.15) is 0 Å². The van der Waals surface area contributed by atoms with E-state index in [1.165, 1.54) is 0 Å². The third kappa shape index (κ3) is 2.82. The van der Waals surface area contributed by atoms with Gasteiger partial charge in [0.25, 0.3) is 5.82 Å². The van der Waals surface area contributed by atoms with Crippen LogP contribution in [0.5, 0.6) is 0 Å². The summed E-state index contributed by atoms with van der Waals surface area (Å²) in [5, 5.41) is 11.3. The molecule has 2 aliphatic rings. The van der Waals surface area contributed by atoms with Gasteiger partial charge >= 0.3 is 6.18 Å². The molecule has 0 radical (unpaired) electrons. The molecule has 2 fully saturated rings. The van der Waals surface area contributed by atoms with E-state index in [0.717, 1.165) is 55.3 Å². The number of rotatable bonds is 1. The van der Waals surface area contributed by atoms with Crippen molar-refractivity contribution in [2.45, 2.75) is 57.7 Å². The zero-order valence-electron chi connectivity index (χ0n) is 14.9. The minimum absolute atomic E-state index is 0.152. The third-order valence-corrected chi connectivity index (χ3v) is 5.60. The zero-order chi connectivity index (χ0) is 18.5. The number of hydrogen-bond acceptors (Lipinski definition) is 5. The van der Waals surface area contributed by atoms with E-state index in [-0.39, 0.29) is 11.2 Å². The summed E-state index contributed by atoms with van der Waals surface area (Å²) in [4.78, 5) is 2.07. The lowest BCUT2D eigenvalue weighted by molar-refractivity contribution is -0.146. The molecule has 0 aromatic carbocycles. The molecule has 2 aromatic rings. The Morgan fingerprint density at radius 3 is 2.50 bits per heavy atom. The fraction of sp³-hybridized carbons (Fsp3) is 0.706. The predicted molar refractivity (Wildman–Crippen MR) is 89.2 cm³/mol. The van der Waals surface area contributed by atoms with Crippen molar-refractivity contribution in [3.05, 3.63) is 17.0 Å². The number of aryl methyl sites for hydroxylation is 1. The average molecular weight is 369 g/mol. The van der Waals surface area contributed by atoms with Crippen LogP contribution in [0.15, 0.2) is 0 Å². The molecule has 2 saturated heterocycles. The maximum atomic E-state index is 13.2. The fourth-order valence-electron chi connectivity index (χ4n) is 4.10. The van der Waals surface area contributed by atoms with Crippen molar-refractivity contribution in [1.82, 2.24) is 19.8 Å². The molecular formula is C17H22F3N5O. The summed E-state index contributed by atoms with van der Waals surface area (Å²) in [6.45, 7) is 5.81. The molecule has 4 heterocycles. The molecule has 142 valence electrons. The Morgan fingerprint density at radius 1 is 1.04 bits per heavy atom. The number of hydrogen-bond donors (Lipinski definition) is 0. The smallest absolute Gasteiger partial charge is 0.373 e. The van der Waals surface area contributed by atoms with Gasteiger partial charge in [-0.25, -0.2) is 0 Å². The standard InChI is InChI=1S/C17H22F3N5O/c1-11-12(2)14(23-25-13(11)21-22-15(25)17(18,19)20)24-8-5-7-16(10-24)6-3-4-9-26-16/h3-10H2,1-2H3. The van der Waals surface area contributed by atoms with E-state index in [9.17, 15) is 13.2 Å². The molecule has 4 rings (SSSR count). The molecule has 0 bridgehead atoms. The van der Waals surface area contributed by atoms with Gasteiger partial charge in [0, 0.05) is 30.8 Å². The summed E-state index contributed by atoms with van der Waals surface area (Å²) < 4.78 is 46.7. The van der Waals surface area contributed by atoms with Crippen LogP contribution < -0.4 is 4.90 Å². The highest BCUT2D eigenvalue weighted by Crippen LogP contribution is 2.37. The molecule has 26 heavy (non-hydrogen) atoms. The van der Waals surface area contributed by atoms with Gasteiger partial charge in [-0.3, -0.25) is 0 Å². The Morgan fingerprint density at radius 2 is 1.81 bits per heavy atom. The van der Waals surface area contributed by atoms with Crippen LogP contribution in [0.1, 0.15) is 49.1 Å². The van der Waals surface area contributed by atoms with Crippen LogP contribution in [-0.4, -0.2) is 45.1 Å². The summed E-state index contributed by atoms with van der Waals surface area (Å²) >= 11 is 0. The molecular weight excluding hydrogens is 347 g/mol. The van der Waals surface area contributed by atoms with E-state index in [1.54, 1.807) is 6.92 Å². The number of fused-ring (bicyclic) bond motifs is 1. The van der Waals surface area contributed by atoms with E-state index in [1.807, 2.05) is 6.92 Å². The maximum Gasteiger partial charge on any atom is 0.453 e. The van der Waals surface area contributed by atoms with Gasteiger partial charge in [0.15, 0.2) is 11.5 Å². The number of ether oxygens (including phenoxy) is 1. The lowest BCUT2D eigenvalue weighted by atomic mass is 9.85. The highest BCUT2D eigenvalue weighted by atomic mass is 19.4. The second-order valence-electron chi connectivity index (χ2n) is 7.34. The molecule has 6 nitrogen and oxygen atoms in total. The fourth-order valence-corrected chi connectivity index (χ4v) is 4.10. The van der Waals surface area contributed by atoms with Crippen LogP contribution in [0.25, 0.3) is 5.65 Å². The molecule has 0 saturated carbocycles. The van der Waals surface area contributed by atoms with Gasteiger partial charge in [-0.05, 0) is 46.0 Å². The molecule has 0 aliphatic carbocycles. The first-order chi connectivity index (χ1) is 12.3. The van der Waals surface area contributed by atoms with Gasteiger partial charge in [-0.2, -0.15) is 17.7 Å². The van der Waals surface area contributed by atoms with E-state index in [0.29, 0.717) is 17.9 Å². The molecule has 1 unspecified atom stereocenters. The Bertz CT molecular complexity index is 820. The topological polar surface area (TPSA) is 55.5 Å². The quantitative estimate of drug-likeness (QED) is 0.772. The number of anilines is 1. The van der Waals surface area contributed by atoms with Gasteiger partial charge < -0.3 is 9.64 Å². The van der Waals surface area contributed by atoms with E-state index in [4.69, 9.17) is 4.74 Å². The lowest BCUT2D eigenvalue weighted by Crippen LogP contribution is -2.52. The molecule has 2 aromatic heterocycles. The van der Waals surface area contributed by atoms with Crippen LogP contribution >= 0.6 is 0 Å². The van der Waals surface area contributed by atoms with Crippen molar-refractivity contribution in [3.63, 3.8) is 0 Å². The van der Waals surface area contributed by atoms with Crippen LogP contribution in [-0.2, 0) is 10.9 Å².